The molecule has 0 aromatic heterocycles. The van der Waals surface area contributed by atoms with Crippen LogP contribution in [-0.4, -0.2) is 44.6 Å². The van der Waals surface area contributed by atoms with Crippen LogP contribution in [0.2, 0.25) is 0 Å². The Bertz CT molecular complexity index is 97.8. The molecule has 0 saturated heterocycles. The van der Waals surface area contributed by atoms with Crippen LogP contribution in [0.5, 0.6) is 0 Å². The number of hydrogen-bond donors (Lipinski definition) is 0. The van der Waals surface area contributed by atoms with Gasteiger partial charge in [-0.2, -0.15) is 0 Å². The molecule has 0 N–H and O–H groups in total. The third-order valence-corrected chi connectivity index (χ3v) is 0.750. The fraction of sp³-hybridized carbons (Fsp3) is 0.833. The van der Waals surface area contributed by atoms with Gasteiger partial charge >= 0.3 is 6.10 Å². The molecule has 0 fully saturated rings. The lowest BCUT2D eigenvalue weighted by Crippen LogP contribution is -2.04. The molecule has 65 valence electrons. The average Bonchev–Trinajstić information content (AvgIpc) is 1.87. The van der Waals surface area contributed by atoms with Gasteiger partial charge < -0.3 is 9.64 Å². The Labute approximate surface area is 77.3 Å². The molecule has 11 heavy (non-hydrogen) atoms. The van der Waals surface area contributed by atoms with Crippen LogP contribution in [0.3, 0.4) is 0 Å². The van der Waals surface area contributed by atoms with Crippen molar-refractivity contribution >= 4 is 27.7 Å². The monoisotopic (exact) mass is 222 g/mol. The van der Waals surface area contributed by atoms with Gasteiger partial charge in [0.2, 0.25) is 0 Å². The quantitative estimate of drug-likeness (QED) is 0.661. The van der Waals surface area contributed by atoms with Crippen molar-refractivity contribution in [3.8, 4) is 0 Å². The van der Waals surface area contributed by atoms with Crippen LogP contribution in [0.15, 0.2) is 0 Å². The summed E-state index contributed by atoms with van der Waals surface area (Å²) < 4.78 is 4.45. The van der Waals surface area contributed by atoms with Crippen LogP contribution in [0.25, 0.3) is 0 Å². The normalized spacial score (nSPS) is 8.18. The van der Waals surface area contributed by atoms with Crippen LogP contribution in [0.1, 0.15) is 6.92 Å². The van der Waals surface area contributed by atoms with Gasteiger partial charge in [-0.1, -0.05) is 0 Å². The second-order valence-electron chi connectivity index (χ2n) is 2.20. The molecule has 1 radical (unpaired) electrons. The minimum absolute atomic E-state index is 0.331. The van der Waals surface area contributed by atoms with Gasteiger partial charge in [0.1, 0.15) is 0 Å². The molecule has 0 aliphatic carbocycles. The maximum Gasteiger partial charge on any atom is 0.350 e. The van der Waals surface area contributed by atoms with E-state index in [1.54, 1.807) is 6.92 Å². The summed E-state index contributed by atoms with van der Waals surface area (Å²) in [6, 6.07) is 0. The SMILES string of the molecule is CCOC(=O)[B]Br.CN(C)C. The van der Waals surface area contributed by atoms with E-state index < -0.39 is 0 Å². The highest BCUT2D eigenvalue weighted by Gasteiger charge is 1.96. The summed E-state index contributed by atoms with van der Waals surface area (Å²) in [6.07, 6.45) is 1.20. The average molecular weight is 223 g/mol. The molecule has 0 unspecified atom stereocenters. The largest absolute Gasteiger partial charge is 0.474 e. The van der Waals surface area contributed by atoms with Crippen LogP contribution >= 0.6 is 15.8 Å². The summed E-state index contributed by atoms with van der Waals surface area (Å²) in [5.41, 5.74) is 0. The first-order valence-electron chi connectivity index (χ1n) is 3.25. The molecule has 0 amide bonds. The molecule has 0 aromatic carbocycles. The number of carbonyl (C=O) groups is 1. The van der Waals surface area contributed by atoms with Crippen molar-refractivity contribution in [1.82, 2.24) is 4.90 Å². The van der Waals surface area contributed by atoms with Gasteiger partial charge in [-0.15, -0.1) is 15.8 Å². The highest BCUT2D eigenvalue weighted by Crippen LogP contribution is 1.82. The molecular formula is C6H14BBrNO2. The van der Waals surface area contributed by atoms with E-state index in [1.807, 2.05) is 26.0 Å². The summed E-state index contributed by atoms with van der Waals surface area (Å²) >= 11 is 2.82. The molecule has 5 heteroatoms. The Morgan fingerprint density at radius 2 is 1.91 bits per heavy atom. The molecule has 3 nitrogen and oxygen atoms in total. The number of rotatable bonds is 2. The third kappa shape index (κ3) is 25.6. The van der Waals surface area contributed by atoms with E-state index in [1.165, 1.54) is 6.10 Å². The van der Waals surface area contributed by atoms with Gasteiger partial charge in [0, 0.05) is 0 Å². The van der Waals surface area contributed by atoms with Crippen molar-refractivity contribution in [3.05, 3.63) is 0 Å². The van der Waals surface area contributed by atoms with E-state index in [0.717, 1.165) is 0 Å². The molecule has 0 aromatic rings. The van der Waals surface area contributed by atoms with Gasteiger partial charge in [-0.25, -0.2) is 0 Å². The summed E-state index contributed by atoms with van der Waals surface area (Å²) in [7, 11) is 6.00. The second-order valence-corrected chi connectivity index (χ2v) is 2.66. The summed E-state index contributed by atoms with van der Waals surface area (Å²) in [4.78, 5) is 12.1. The zero-order chi connectivity index (χ0) is 9.28. The molecule has 0 atom stereocenters. The van der Waals surface area contributed by atoms with Crippen LogP contribution in [-0.2, 0) is 4.74 Å². The Hall–Kier alpha value is -0.0251. The number of hydrogen-bond acceptors (Lipinski definition) is 3. The van der Waals surface area contributed by atoms with Gasteiger partial charge in [-0.3, -0.25) is 4.79 Å². The summed E-state index contributed by atoms with van der Waals surface area (Å²) in [6.45, 7) is 2.19. The number of halogens is 1. The van der Waals surface area contributed by atoms with E-state index in [4.69, 9.17) is 0 Å². The lowest BCUT2D eigenvalue weighted by Gasteiger charge is -1.92. The fourth-order valence-corrected chi connectivity index (χ4v) is 0.306. The zero-order valence-electron chi connectivity index (χ0n) is 7.43. The van der Waals surface area contributed by atoms with E-state index in [9.17, 15) is 4.79 Å². The Balaban J connectivity index is 0. The smallest absolute Gasteiger partial charge is 0.350 e. The summed E-state index contributed by atoms with van der Waals surface area (Å²) in [5.74, 6) is -0.331. The van der Waals surface area contributed by atoms with Gasteiger partial charge in [0.25, 0.3) is 5.87 Å². The molecule has 0 aliphatic rings. The molecule has 0 spiro atoms. The lowest BCUT2D eigenvalue weighted by molar-refractivity contribution is 0.179. The van der Waals surface area contributed by atoms with Crippen molar-refractivity contribution < 1.29 is 9.53 Å². The maximum absolute atomic E-state index is 10.1. The van der Waals surface area contributed by atoms with E-state index in [0.29, 0.717) is 6.61 Å². The van der Waals surface area contributed by atoms with Gasteiger partial charge in [0.15, 0.2) is 0 Å². The van der Waals surface area contributed by atoms with Gasteiger partial charge in [0.05, 0.1) is 6.61 Å². The van der Waals surface area contributed by atoms with E-state index >= 15 is 0 Å². The van der Waals surface area contributed by atoms with E-state index in [2.05, 4.69) is 20.5 Å². The second kappa shape index (κ2) is 9.97. The number of carbonyl (C=O) groups excluding carboxylic acids is 1. The first-order chi connectivity index (χ1) is 5.04. The minimum atomic E-state index is -0.331. The van der Waals surface area contributed by atoms with Crippen molar-refractivity contribution in [2.24, 2.45) is 0 Å². The molecule has 0 heterocycles. The maximum atomic E-state index is 10.1. The Kier molecular flexibility index (Phi) is 12.3. The van der Waals surface area contributed by atoms with Crippen molar-refractivity contribution in [3.63, 3.8) is 0 Å². The first-order valence-corrected chi connectivity index (χ1v) is 4.17. The zero-order valence-corrected chi connectivity index (χ0v) is 9.01. The van der Waals surface area contributed by atoms with E-state index in [-0.39, 0.29) is 5.87 Å². The highest BCUT2D eigenvalue weighted by molar-refractivity contribution is 9.24. The van der Waals surface area contributed by atoms with Crippen molar-refractivity contribution in [1.29, 1.82) is 0 Å². The topological polar surface area (TPSA) is 29.5 Å². The minimum Gasteiger partial charge on any atom is -0.474 e. The van der Waals surface area contributed by atoms with Crippen molar-refractivity contribution in [2.75, 3.05) is 27.7 Å². The molecular weight excluding hydrogens is 209 g/mol. The summed E-state index contributed by atoms with van der Waals surface area (Å²) in [5, 5.41) is 0. The number of ether oxygens (including phenoxy) is 1. The fourth-order valence-electron chi connectivity index (χ4n) is 0.174. The molecule has 0 bridgehead atoms. The predicted octanol–water partition coefficient (Wildman–Crippen LogP) is 1.33. The Morgan fingerprint density at radius 3 is 2.00 bits per heavy atom. The van der Waals surface area contributed by atoms with Crippen LogP contribution in [0.4, 0.5) is 4.79 Å². The van der Waals surface area contributed by atoms with Crippen LogP contribution in [0, 0.1) is 0 Å². The highest BCUT2D eigenvalue weighted by atomic mass is 79.9. The first kappa shape index (κ1) is 13.6. The number of nitrogens with zero attached hydrogens (tertiary/aromatic N) is 1. The third-order valence-electron chi connectivity index (χ3n) is 0.376. The molecule has 0 saturated carbocycles. The van der Waals surface area contributed by atoms with Crippen LogP contribution < -0.4 is 0 Å². The lowest BCUT2D eigenvalue weighted by atomic mass is 10.2. The van der Waals surface area contributed by atoms with Gasteiger partial charge in [-0.05, 0) is 28.1 Å². The molecule has 0 aliphatic heterocycles. The standard InChI is InChI=1S/C3H5BBrO2.C3H9N/c1-2-7-3(6)4-5;1-4(2)3/h2H2,1H3;1-3H3. The predicted molar refractivity (Wildman–Crippen MR) is 51.3 cm³/mol. The van der Waals surface area contributed by atoms with Crippen molar-refractivity contribution in [2.45, 2.75) is 6.92 Å². The Morgan fingerprint density at radius 1 is 1.55 bits per heavy atom. The molecule has 0 rings (SSSR count).